The monoisotopic (exact) mass is 321 g/mol. The number of anilines is 1. The predicted molar refractivity (Wildman–Crippen MR) is 90.4 cm³/mol. The molecule has 3 rings (SSSR count). The SMILES string of the molecule is Cc1ccc(C(=N)c2cc(-c3ccc(C(=O)O)cc3)no2)c(N)c1. The Hall–Kier alpha value is -3.41. The van der Waals surface area contributed by atoms with Crippen LogP contribution in [0.5, 0.6) is 0 Å². The third-order valence-corrected chi connectivity index (χ3v) is 3.66. The van der Waals surface area contributed by atoms with Crippen molar-refractivity contribution >= 4 is 17.4 Å². The Morgan fingerprint density at radius 1 is 1.17 bits per heavy atom. The molecular formula is C18H15N3O3. The minimum Gasteiger partial charge on any atom is -0.478 e. The van der Waals surface area contributed by atoms with Gasteiger partial charge in [0.1, 0.15) is 11.4 Å². The van der Waals surface area contributed by atoms with Crippen LogP contribution in [0.2, 0.25) is 0 Å². The van der Waals surface area contributed by atoms with Crippen LogP contribution in [0.25, 0.3) is 11.3 Å². The lowest BCUT2D eigenvalue weighted by molar-refractivity contribution is 0.0697. The Balaban J connectivity index is 1.89. The molecule has 0 saturated heterocycles. The van der Waals surface area contributed by atoms with E-state index in [-0.39, 0.29) is 11.3 Å². The van der Waals surface area contributed by atoms with Gasteiger partial charge in [-0.3, -0.25) is 5.41 Å². The molecule has 6 heteroatoms. The van der Waals surface area contributed by atoms with Crippen molar-refractivity contribution in [2.75, 3.05) is 5.73 Å². The van der Waals surface area contributed by atoms with Gasteiger partial charge in [-0.1, -0.05) is 29.4 Å². The molecule has 2 aromatic carbocycles. The molecule has 6 nitrogen and oxygen atoms in total. The summed E-state index contributed by atoms with van der Waals surface area (Å²) < 4.78 is 5.25. The first-order valence-electron chi connectivity index (χ1n) is 7.21. The molecule has 0 aliphatic heterocycles. The van der Waals surface area contributed by atoms with E-state index in [2.05, 4.69) is 5.16 Å². The van der Waals surface area contributed by atoms with Gasteiger partial charge < -0.3 is 15.4 Å². The van der Waals surface area contributed by atoms with Gasteiger partial charge in [-0.15, -0.1) is 0 Å². The number of carbonyl (C=O) groups is 1. The van der Waals surface area contributed by atoms with Crippen LogP contribution in [0.3, 0.4) is 0 Å². The highest BCUT2D eigenvalue weighted by Crippen LogP contribution is 2.23. The summed E-state index contributed by atoms with van der Waals surface area (Å²) in [7, 11) is 0. The molecule has 1 heterocycles. The molecular weight excluding hydrogens is 306 g/mol. The third kappa shape index (κ3) is 2.89. The number of nitrogens with one attached hydrogen (secondary N) is 1. The summed E-state index contributed by atoms with van der Waals surface area (Å²) in [5.74, 6) is -0.693. The minimum atomic E-state index is -0.987. The number of hydrogen-bond donors (Lipinski definition) is 3. The first-order chi connectivity index (χ1) is 11.5. The molecule has 1 aromatic heterocycles. The van der Waals surface area contributed by atoms with E-state index in [1.807, 2.05) is 13.0 Å². The van der Waals surface area contributed by atoms with Crippen LogP contribution in [0.15, 0.2) is 53.1 Å². The maximum absolute atomic E-state index is 10.9. The zero-order chi connectivity index (χ0) is 17.3. The van der Waals surface area contributed by atoms with Crippen LogP contribution in [0.1, 0.15) is 27.2 Å². The van der Waals surface area contributed by atoms with Crippen LogP contribution in [-0.4, -0.2) is 21.9 Å². The lowest BCUT2D eigenvalue weighted by Crippen LogP contribution is -2.04. The van der Waals surface area contributed by atoms with Gasteiger partial charge in [-0.05, 0) is 30.7 Å². The number of rotatable bonds is 4. The smallest absolute Gasteiger partial charge is 0.335 e. The average molecular weight is 321 g/mol. The normalized spacial score (nSPS) is 10.5. The van der Waals surface area contributed by atoms with Crippen molar-refractivity contribution < 1.29 is 14.4 Å². The topological polar surface area (TPSA) is 113 Å². The van der Waals surface area contributed by atoms with E-state index in [1.165, 1.54) is 12.1 Å². The molecule has 120 valence electrons. The highest BCUT2D eigenvalue weighted by Gasteiger charge is 2.15. The van der Waals surface area contributed by atoms with Gasteiger partial charge in [0, 0.05) is 22.9 Å². The van der Waals surface area contributed by atoms with Crippen LogP contribution < -0.4 is 5.73 Å². The second-order valence-corrected chi connectivity index (χ2v) is 5.42. The second-order valence-electron chi connectivity index (χ2n) is 5.42. The molecule has 0 amide bonds. The van der Waals surface area contributed by atoms with Gasteiger partial charge in [-0.25, -0.2) is 4.79 Å². The average Bonchev–Trinajstić information content (AvgIpc) is 3.04. The molecule has 0 aliphatic carbocycles. The summed E-state index contributed by atoms with van der Waals surface area (Å²) in [5.41, 5.74) is 9.63. The van der Waals surface area contributed by atoms with Crippen molar-refractivity contribution in [2.45, 2.75) is 6.92 Å². The van der Waals surface area contributed by atoms with Crippen molar-refractivity contribution in [3.63, 3.8) is 0 Å². The first-order valence-corrected chi connectivity index (χ1v) is 7.21. The molecule has 0 aliphatic rings. The summed E-state index contributed by atoms with van der Waals surface area (Å²) in [6, 6.07) is 13.4. The van der Waals surface area contributed by atoms with Gasteiger partial charge in [0.15, 0.2) is 5.76 Å². The van der Waals surface area contributed by atoms with Crippen LogP contribution >= 0.6 is 0 Å². The lowest BCUT2D eigenvalue weighted by atomic mass is 10.0. The van der Waals surface area contributed by atoms with E-state index in [1.54, 1.807) is 30.3 Å². The molecule has 4 N–H and O–H groups in total. The Morgan fingerprint density at radius 2 is 1.88 bits per heavy atom. The number of hydrogen-bond acceptors (Lipinski definition) is 5. The number of carboxylic acids is 1. The molecule has 0 bridgehead atoms. The largest absolute Gasteiger partial charge is 0.478 e. The van der Waals surface area contributed by atoms with E-state index in [9.17, 15) is 4.79 Å². The fourth-order valence-corrected chi connectivity index (χ4v) is 2.36. The molecule has 0 fully saturated rings. The van der Waals surface area contributed by atoms with Crippen LogP contribution in [-0.2, 0) is 0 Å². The second kappa shape index (κ2) is 6.00. The van der Waals surface area contributed by atoms with Crippen LogP contribution in [0.4, 0.5) is 5.69 Å². The van der Waals surface area contributed by atoms with E-state index in [4.69, 9.17) is 20.8 Å². The highest BCUT2D eigenvalue weighted by atomic mass is 16.5. The van der Waals surface area contributed by atoms with Crippen molar-refractivity contribution in [3.05, 3.63) is 71.0 Å². The summed E-state index contributed by atoms with van der Waals surface area (Å²) in [6.07, 6.45) is 0. The summed E-state index contributed by atoms with van der Waals surface area (Å²) in [5, 5.41) is 21.1. The Morgan fingerprint density at radius 3 is 2.50 bits per heavy atom. The van der Waals surface area contributed by atoms with Gasteiger partial charge in [0.05, 0.1) is 5.56 Å². The van der Waals surface area contributed by atoms with Gasteiger partial charge >= 0.3 is 5.97 Å². The standard InChI is InChI=1S/C18H15N3O3/c1-10-2-7-13(14(19)8-10)17(20)16-9-15(21-24-16)11-3-5-12(6-4-11)18(22)23/h2-9,20H,19H2,1H3,(H,22,23). The third-order valence-electron chi connectivity index (χ3n) is 3.66. The lowest BCUT2D eigenvalue weighted by Gasteiger charge is -2.05. The van der Waals surface area contributed by atoms with Crippen molar-refractivity contribution in [2.24, 2.45) is 0 Å². The fourth-order valence-electron chi connectivity index (χ4n) is 2.36. The molecule has 0 radical (unpaired) electrons. The maximum atomic E-state index is 10.9. The minimum absolute atomic E-state index is 0.147. The van der Waals surface area contributed by atoms with Gasteiger partial charge in [-0.2, -0.15) is 0 Å². The Bertz CT molecular complexity index is 927. The maximum Gasteiger partial charge on any atom is 0.335 e. The number of benzene rings is 2. The van der Waals surface area contributed by atoms with E-state index in [0.717, 1.165) is 5.56 Å². The quantitative estimate of drug-likeness (QED) is 0.504. The molecule has 0 atom stereocenters. The number of carboxylic acid groups (broad SMARTS) is 1. The molecule has 0 saturated carbocycles. The Kier molecular flexibility index (Phi) is 3.87. The molecule has 0 spiro atoms. The van der Waals surface area contributed by atoms with Crippen molar-refractivity contribution in [3.8, 4) is 11.3 Å². The predicted octanol–water partition coefficient (Wildman–Crippen LogP) is 3.35. The number of aromatic carboxylic acids is 1. The van der Waals surface area contributed by atoms with E-state index in [0.29, 0.717) is 28.3 Å². The number of aryl methyl sites for hydroxylation is 1. The Labute approximate surface area is 138 Å². The number of aromatic nitrogens is 1. The highest BCUT2D eigenvalue weighted by molar-refractivity contribution is 6.12. The summed E-state index contributed by atoms with van der Waals surface area (Å²) >= 11 is 0. The fraction of sp³-hybridized carbons (Fsp3) is 0.0556. The van der Waals surface area contributed by atoms with E-state index < -0.39 is 5.97 Å². The summed E-state index contributed by atoms with van der Waals surface area (Å²) in [6.45, 7) is 1.93. The van der Waals surface area contributed by atoms with Gasteiger partial charge in [0.2, 0.25) is 0 Å². The van der Waals surface area contributed by atoms with Gasteiger partial charge in [0.25, 0.3) is 0 Å². The zero-order valence-electron chi connectivity index (χ0n) is 12.9. The number of nitrogen functional groups attached to an aromatic ring is 1. The number of nitrogens with two attached hydrogens (primary N) is 1. The first kappa shape index (κ1) is 15.5. The van der Waals surface area contributed by atoms with Crippen molar-refractivity contribution in [1.82, 2.24) is 5.16 Å². The van der Waals surface area contributed by atoms with Crippen LogP contribution in [0, 0.1) is 12.3 Å². The summed E-state index contributed by atoms with van der Waals surface area (Å²) in [4.78, 5) is 10.9. The molecule has 24 heavy (non-hydrogen) atoms. The molecule has 3 aromatic rings. The number of nitrogens with zero attached hydrogens (tertiary/aromatic N) is 1. The van der Waals surface area contributed by atoms with Crippen molar-refractivity contribution in [1.29, 1.82) is 5.41 Å². The molecule has 0 unspecified atom stereocenters. The van der Waals surface area contributed by atoms with E-state index >= 15 is 0 Å². The zero-order valence-corrected chi connectivity index (χ0v) is 12.9.